The van der Waals surface area contributed by atoms with Crippen LogP contribution in [0.5, 0.6) is 5.75 Å². The lowest BCUT2D eigenvalue weighted by Crippen LogP contribution is -2.25. The maximum Gasteiger partial charge on any atom is 0.142 e. The van der Waals surface area contributed by atoms with Crippen molar-refractivity contribution in [1.29, 1.82) is 0 Å². The van der Waals surface area contributed by atoms with Crippen LogP contribution in [-0.2, 0) is 0 Å². The molecule has 0 bridgehead atoms. The highest BCUT2D eigenvalue weighted by Crippen LogP contribution is 2.28. The SMILES string of the molecule is COc1cc(C)ccc1NC1CCCSC1. The molecule has 1 saturated heterocycles. The molecule has 1 unspecified atom stereocenters. The Bertz CT molecular complexity index is 348. The number of hydrogen-bond donors (Lipinski definition) is 1. The van der Waals surface area contributed by atoms with E-state index in [2.05, 4.69) is 30.4 Å². The highest BCUT2D eigenvalue weighted by molar-refractivity contribution is 7.99. The summed E-state index contributed by atoms with van der Waals surface area (Å²) < 4.78 is 5.40. The molecule has 0 saturated carbocycles. The number of anilines is 1. The Morgan fingerprint density at radius 3 is 3.00 bits per heavy atom. The quantitative estimate of drug-likeness (QED) is 0.871. The van der Waals surface area contributed by atoms with Crippen molar-refractivity contribution >= 4 is 17.4 Å². The molecule has 1 aliphatic heterocycles. The Kier molecular flexibility index (Phi) is 3.99. The van der Waals surface area contributed by atoms with E-state index in [0.29, 0.717) is 6.04 Å². The van der Waals surface area contributed by atoms with Crippen LogP contribution in [0.15, 0.2) is 18.2 Å². The zero-order valence-corrected chi connectivity index (χ0v) is 10.8. The molecule has 1 N–H and O–H groups in total. The van der Waals surface area contributed by atoms with Crippen molar-refractivity contribution in [2.24, 2.45) is 0 Å². The van der Waals surface area contributed by atoms with Crippen molar-refractivity contribution in [3.8, 4) is 5.75 Å². The Labute approximate surface area is 102 Å². The molecule has 2 rings (SSSR count). The van der Waals surface area contributed by atoms with E-state index in [1.54, 1.807) is 7.11 Å². The molecule has 1 atom stereocenters. The molecule has 0 aromatic heterocycles. The second-order valence-electron chi connectivity index (χ2n) is 4.26. The van der Waals surface area contributed by atoms with Crippen LogP contribution in [0.1, 0.15) is 18.4 Å². The van der Waals surface area contributed by atoms with E-state index < -0.39 is 0 Å². The molecule has 0 radical (unpaired) electrons. The molecule has 2 nitrogen and oxygen atoms in total. The zero-order valence-electron chi connectivity index (χ0n) is 9.95. The molecule has 1 aliphatic rings. The van der Waals surface area contributed by atoms with Gasteiger partial charge in [-0.3, -0.25) is 0 Å². The van der Waals surface area contributed by atoms with E-state index in [9.17, 15) is 0 Å². The fraction of sp³-hybridized carbons (Fsp3) is 0.538. The highest BCUT2D eigenvalue weighted by Gasteiger charge is 2.14. The lowest BCUT2D eigenvalue weighted by Gasteiger charge is -2.24. The van der Waals surface area contributed by atoms with Gasteiger partial charge >= 0.3 is 0 Å². The number of aryl methyl sites for hydroxylation is 1. The number of methoxy groups -OCH3 is 1. The first-order chi connectivity index (χ1) is 7.79. The van der Waals surface area contributed by atoms with Gasteiger partial charge in [-0.05, 0) is 43.2 Å². The summed E-state index contributed by atoms with van der Waals surface area (Å²) >= 11 is 2.04. The van der Waals surface area contributed by atoms with Gasteiger partial charge in [-0.1, -0.05) is 6.07 Å². The second kappa shape index (κ2) is 5.48. The fourth-order valence-electron chi connectivity index (χ4n) is 1.99. The predicted octanol–water partition coefficient (Wildman–Crippen LogP) is 3.31. The van der Waals surface area contributed by atoms with Crippen molar-refractivity contribution in [3.63, 3.8) is 0 Å². The van der Waals surface area contributed by atoms with Crippen LogP contribution in [0.3, 0.4) is 0 Å². The summed E-state index contributed by atoms with van der Waals surface area (Å²) in [6.07, 6.45) is 2.58. The molecule has 1 aromatic carbocycles. The van der Waals surface area contributed by atoms with Crippen molar-refractivity contribution < 1.29 is 4.74 Å². The number of thioether (sulfide) groups is 1. The first-order valence-electron chi connectivity index (χ1n) is 5.78. The van der Waals surface area contributed by atoms with E-state index in [-0.39, 0.29) is 0 Å². The smallest absolute Gasteiger partial charge is 0.142 e. The van der Waals surface area contributed by atoms with Crippen molar-refractivity contribution in [2.75, 3.05) is 23.9 Å². The second-order valence-corrected chi connectivity index (χ2v) is 5.41. The van der Waals surface area contributed by atoms with Gasteiger partial charge in [-0.15, -0.1) is 0 Å². The normalized spacial score (nSPS) is 20.5. The zero-order chi connectivity index (χ0) is 11.4. The summed E-state index contributed by atoms with van der Waals surface area (Å²) in [5, 5.41) is 3.58. The van der Waals surface area contributed by atoms with E-state index in [4.69, 9.17) is 4.74 Å². The van der Waals surface area contributed by atoms with Gasteiger partial charge in [0.2, 0.25) is 0 Å². The Morgan fingerprint density at radius 2 is 2.31 bits per heavy atom. The van der Waals surface area contributed by atoms with Gasteiger partial charge in [0.25, 0.3) is 0 Å². The Hall–Kier alpha value is -0.830. The average Bonchev–Trinajstić information content (AvgIpc) is 2.33. The maximum atomic E-state index is 5.40. The molecular weight excluding hydrogens is 218 g/mol. The summed E-state index contributed by atoms with van der Waals surface area (Å²) in [7, 11) is 1.73. The third-order valence-electron chi connectivity index (χ3n) is 2.88. The molecule has 0 amide bonds. The molecule has 0 aliphatic carbocycles. The third kappa shape index (κ3) is 2.85. The van der Waals surface area contributed by atoms with Crippen LogP contribution in [0.25, 0.3) is 0 Å². The van der Waals surface area contributed by atoms with Gasteiger partial charge in [0, 0.05) is 11.8 Å². The van der Waals surface area contributed by atoms with Crippen molar-refractivity contribution in [2.45, 2.75) is 25.8 Å². The maximum absolute atomic E-state index is 5.40. The van der Waals surface area contributed by atoms with Crippen LogP contribution < -0.4 is 10.1 Å². The predicted molar refractivity (Wildman–Crippen MR) is 71.7 cm³/mol. The van der Waals surface area contributed by atoms with Crippen molar-refractivity contribution in [3.05, 3.63) is 23.8 Å². The van der Waals surface area contributed by atoms with Gasteiger partial charge in [-0.25, -0.2) is 0 Å². The number of hydrogen-bond acceptors (Lipinski definition) is 3. The van der Waals surface area contributed by atoms with Crippen LogP contribution >= 0.6 is 11.8 Å². The first-order valence-corrected chi connectivity index (χ1v) is 6.94. The standard InChI is InChI=1S/C13H19NOS/c1-10-5-6-12(13(8-10)15-2)14-11-4-3-7-16-9-11/h5-6,8,11,14H,3-4,7,9H2,1-2H3. The first kappa shape index (κ1) is 11.6. The Balaban J connectivity index is 2.07. The summed E-state index contributed by atoms with van der Waals surface area (Å²) in [6, 6.07) is 6.92. The van der Waals surface area contributed by atoms with Crippen molar-refractivity contribution in [1.82, 2.24) is 0 Å². The van der Waals surface area contributed by atoms with Crippen LogP contribution in [0.4, 0.5) is 5.69 Å². The third-order valence-corrected chi connectivity index (χ3v) is 4.09. The van der Waals surface area contributed by atoms with E-state index in [1.165, 1.54) is 29.9 Å². The number of benzene rings is 1. The molecule has 1 heterocycles. The van der Waals surface area contributed by atoms with Gasteiger partial charge in [-0.2, -0.15) is 11.8 Å². The molecule has 0 spiro atoms. The van der Waals surface area contributed by atoms with Crippen LogP contribution in [0.2, 0.25) is 0 Å². The molecule has 1 fully saturated rings. The Morgan fingerprint density at radius 1 is 1.44 bits per heavy atom. The molecule has 1 aromatic rings. The van der Waals surface area contributed by atoms with Crippen LogP contribution in [0, 0.1) is 6.92 Å². The number of rotatable bonds is 3. The highest BCUT2D eigenvalue weighted by atomic mass is 32.2. The lowest BCUT2D eigenvalue weighted by molar-refractivity contribution is 0.415. The number of nitrogens with one attached hydrogen (secondary N) is 1. The van der Waals surface area contributed by atoms with Gasteiger partial charge in [0.05, 0.1) is 12.8 Å². The molecule has 16 heavy (non-hydrogen) atoms. The lowest BCUT2D eigenvalue weighted by atomic mass is 10.1. The molecular formula is C13H19NOS. The van der Waals surface area contributed by atoms with Gasteiger partial charge in [0.15, 0.2) is 0 Å². The minimum atomic E-state index is 0.593. The summed E-state index contributed by atoms with van der Waals surface area (Å²) in [6.45, 7) is 2.09. The molecule has 88 valence electrons. The minimum absolute atomic E-state index is 0.593. The summed E-state index contributed by atoms with van der Waals surface area (Å²) in [4.78, 5) is 0. The van der Waals surface area contributed by atoms with E-state index in [1.807, 2.05) is 11.8 Å². The van der Waals surface area contributed by atoms with Gasteiger partial charge in [0.1, 0.15) is 5.75 Å². The fourth-order valence-corrected chi connectivity index (χ4v) is 3.06. The monoisotopic (exact) mass is 237 g/mol. The topological polar surface area (TPSA) is 21.3 Å². The van der Waals surface area contributed by atoms with Crippen LogP contribution in [-0.4, -0.2) is 24.7 Å². The average molecular weight is 237 g/mol. The minimum Gasteiger partial charge on any atom is -0.495 e. The van der Waals surface area contributed by atoms with E-state index >= 15 is 0 Å². The largest absolute Gasteiger partial charge is 0.495 e. The molecule has 3 heteroatoms. The van der Waals surface area contributed by atoms with Gasteiger partial charge < -0.3 is 10.1 Å². The summed E-state index contributed by atoms with van der Waals surface area (Å²) in [5.74, 6) is 3.47. The van der Waals surface area contributed by atoms with E-state index in [0.717, 1.165) is 11.4 Å². The number of ether oxygens (including phenoxy) is 1. The summed E-state index contributed by atoms with van der Waals surface area (Å²) in [5.41, 5.74) is 2.36.